The van der Waals surface area contributed by atoms with Gasteiger partial charge in [-0.3, -0.25) is 19.1 Å². The molecule has 5 nitrogen and oxygen atoms in total. The minimum Gasteiger partial charge on any atom is -0.297 e. The number of hydrogen-bond acceptors (Lipinski definition) is 4. The van der Waals surface area contributed by atoms with E-state index in [9.17, 15) is 9.18 Å². The molecule has 0 radical (unpaired) electrons. The molecule has 34 heavy (non-hydrogen) atoms. The zero-order valence-electron chi connectivity index (χ0n) is 19.6. The highest BCUT2D eigenvalue weighted by Crippen LogP contribution is 2.33. The Morgan fingerprint density at radius 1 is 1.15 bits per heavy atom. The van der Waals surface area contributed by atoms with Crippen molar-refractivity contribution >= 4 is 52.0 Å². The van der Waals surface area contributed by atoms with Gasteiger partial charge in [0.15, 0.2) is 0 Å². The third-order valence-electron chi connectivity index (χ3n) is 5.99. The molecule has 2 aromatic carbocycles. The number of nitrogens with one attached hydrogen (secondary N) is 1. The van der Waals surface area contributed by atoms with Crippen molar-refractivity contribution in [3.8, 4) is 0 Å². The minimum absolute atomic E-state index is 0.0687. The zero-order valence-corrected chi connectivity index (χ0v) is 21.9. The summed E-state index contributed by atoms with van der Waals surface area (Å²) in [4.78, 5) is 14.8. The minimum atomic E-state index is -0.518. The molecule has 1 aromatic heterocycles. The van der Waals surface area contributed by atoms with Crippen LogP contribution in [0.5, 0.6) is 0 Å². The SMILES string of the molecule is CC.Cc1nn(C2CCN(Cc3cc(Cl)cc(Cl)c3)C2)c2cc(F)c(C(=O)NSC3CC3)cc12. The van der Waals surface area contributed by atoms with Crippen molar-refractivity contribution in [1.29, 1.82) is 0 Å². The standard InChI is InChI=1S/C23H23Cl2FN4OS.C2H6/c1-13-19-9-20(23(31)28-32-18-2-3-18)21(26)10-22(19)30(27-13)17-4-5-29(12-17)11-14-6-15(24)8-16(25)7-14;1-2/h6-10,17-18H,2-5,11-12H2,1H3,(H,28,31);1-2H3. The molecule has 1 aliphatic heterocycles. The molecule has 2 heterocycles. The summed E-state index contributed by atoms with van der Waals surface area (Å²) in [6.45, 7) is 8.34. The van der Waals surface area contributed by atoms with Crippen molar-refractivity contribution in [3.05, 3.63) is 63.0 Å². The first kappa shape index (κ1) is 25.3. The number of aromatic nitrogens is 2. The molecule has 3 aromatic rings. The highest BCUT2D eigenvalue weighted by molar-refractivity contribution is 7.98. The number of hydrogen-bond donors (Lipinski definition) is 1. The van der Waals surface area contributed by atoms with Gasteiger partial charge in [0.25, 0.3) is 5.91 Å². The van der Waals surface area contributed by atoms with Gasteiger partial charge in [0.2, 0.25) is 0 Å². The lowest BCUT2D eigenvalue weighted by molar-refractivity contribution is 0.0980. The molecule has 182 valence electrons. The quantitative estimate of drug-likeness (QED) is 0.361. The van der Waals surface area contributed by atoms with Crippen LogP contribution < -0.4 is 4.72 Å². The summed E-state index contributed by atoms with van der Waals surface area (Å²) < 4.78 is 19.6. The number of halogens is 3. The first-order valence-electron chi connectivity index (χ1n) is 11.7. The second-order valence-electron chi connectivity index (χ2n) is 8.58. The lowest BCUT2D eigenvalue weighted by atomic mass is 10.1. The first-order chi connectivity index (χ1) is 16.4. The van der Waals surface area contributed by atoms with Crippen LogP contribution in [0.25, 0.3) is 10.9 Å². The second kappa shape index (κ2) is 10.9. The molecule has 1 aliphatic carbocycles. The molecule has 1 unspecified atom stereocenters. The number of amides is 1. The summed E-state index contributed by atoms with van der Waals surface area (Å²) in [5.41, 5.74) is 2.66. The Kier molecular flexibility index (Phi) is 8.08. The van der Waals surface area contributed by atoms with Crippen LogP contribution >= 0.6 is 35.1 Å². The van der Waals surface area contributed by atoms with Gasteiger partial charge in [0.1, 0.15) is 5.82 Å². The third-order valence-corrected chi connectivity index (χ3v) is 7.53. The van der Waals surface area contributed by atoms with Crippen LogP contribution in [0.1, 0.15) is 60.8 Å². The van der Waals surface area contributed by atoms with E-state index < -0.39 is 5.82 Å². The van der Waals surface area contributed by atoms with Crippen LogP contribution in [0.3, 0.4) is 0 Å². The number of carbonyl (C=O) groups is 1. The van der Waals surface area contributed by atoms with E-state index in [4.69, 9.17) is 28.3 Å². The average molecular weight is 524 g/mol. The number of likely N-dealkylation sites (tertiary alicyclic amines) is 1. The fourth-order valence-electron chi connectivity index (χ4n) is 4.26. The summed E-state index contributed by atoms with van der Waals surface area (Å²) in [5, 5.41) is 7.24. The van der Waals surface area contributed by atoms with Crippen molar-refractivity contribution in [2.45, 2.75) is 57.9 Å². The fourth-order valence-corrected chi connectivity index (χ4v) is 5.58. The summed E-state index contributed by atoms with van der Waals surface area (Å²) in [6.07, 6.45) is 3.11. The van der Waals surface area contributed by atoms with E-state index in [2.05, 4.69) is 9.62 Å². The molecule has 2 fully saturated rings. The van der Waals surface area contributed by atoms with Crippen LogP contribution in [-0.2, 0) is 6.54 Å². The molecular weight excluding hydrogens is 494 g/mol. The molecular formula is C25H29Cl2FN4OS. The van der Waals surface area contributed by atoms with Crippen molar-refractivity contribution in [3.63, 3.8) is 0 Å². The number of benzene rings is 2. The van der Waals surface area contributed by atoms with Crippen LogP contribution in [0, 0.1) is 12.7 Å². The molecule has 9 heteroatoms. The van der Waals surface area contributed by atoms with E-state index in [1.807, 2.05) is 37.6 Å². The highest BCUT2D eigenvalue weighted by Gasteiger charge is 2.28. The predicted octanol–water partition coefficient (Wildman–Crippen LogP) is 6.80. The Labute approximate surface area is 214 Å². The fraction of sp³-hybridized carbons (Fsp3) is 0.440. The normalized spacial score (nSPS) is 18.1. The van der Waals surface area contributed by atoms with Gasteiger partial charge in [-0.2, -0.15) is 5.10 Å². The monoisotopic (exact) mass is 522 g/mol. The molecule has 1 N–H and O–H groups in total. The summed E-state index contributed by atoms with van der Waals surface area (Å²) in [7, 11) is 0. The third kappa shape index (κ3) is 5.70. The molecule has 0 bridgehead atoms. The molecule has 2 aliphatic rings. The molecule has 5 rings (SSSR count). The van der Waals surface area contributed by atoms with Crippen LogP contribution in [0.2, 0.25) is 10.0 Å². The molecule has 1 saturated heterocycles. The van der Waals surface area contributed by atoms with E-state index in [0.717, 1.165) is 61.1 Å². The van der Waals surface area contributed by atoms with E-state index in [-0.39, 0.29) is 17.5 Å². The highest BCUT2D eigenvalue weighted by atomic mass is 35.5. The van der Waals surface area contributed by atoms with E-state index in [1.54, 1.807) is 12.1 Å². The van der Waals surface area contributed by atoms with E-state index in [0.29, 0.717) is 15.3 Å². The molecule has 1 saturated carbocycles. The van der Waals surface area contributed by atoms with Gasteiger partial charge >= 0.3 is 0 Å². The maximum absolute atomic E-state index is 14.9. The van der Waals surface area contributed by atoms with Gasteiger partial charge in [0, 0.05) is 46.4 Å². The number of aryl methyl sites for hydroxylation is 1. The Balaban J connectivity index is 0.00000133. The zero-order chi connectivity index (χ0) is 24.4. The van der Waals surface area contributed by atoms with Gasteiger partial charge < -0.3 is 0 Å². The summed E-state index contributed by atoms with van der Waals surface area (Å²) in [6, 6.07) is 8.80. The smallest absolute Gasteiger partial charge is 0.264 e. The van der Waals surface area contributed by atoms with Crippen molar-refractivity contribution in [2.24, 2.45) is 0 Å². The molecule has 1 atom stereocenters. The predicted molar refractivity (Wildman–Crippen MR) is 139 cm³/mol. The van der Waals surface area contributed by atoms with E-state index >= 15 is 0 Å². The Morgan fingerprint density at radius 3 is 2.53 bits per heavy atom. The first-order valence-corrected chi connectivity index (χ1v) is 13.3. The van der Waals surface area contributed by atoms with Gasteiger partial charge in [0.05, 0.1) is 22.8 Å². The number of nitrogens with zero attached hydrogens (tertiary/aromatic N) is 3. The number of fused-ring (bicyclic) bond motifs is 1. The van der Waals surface area contributed by atoms with Crippen LogP contribution in [0.15, 0.2) is 30.3 Å². The Morgan fingerprint density at radius 2 is 1.85 bits per heavy atom. The van der Waals surface area contributed by atoms with Crippen LogP contribution in [-0.4, -0.2) is 38.9 Å². The van der Waals surface area contributed by atoms with E-state index in [1.165, 1.54) is 18.0 Å². The van der Waals surface area contributed by atoms with Gasteiger partial charge in [-0.1, -0.05) is 37.0 Å². The van der Waals surface area contributed by atoms with Gasteiger partial charge in [-0.15, -0.1) is 0 Å². The van der Waals surface area contributed by atoms with Crippen molar-refractivity contribution in [1.82, 2.24) is 19.4 Å². The Hall–Kier alpha value is -1.80. The number of rotatable bonds is 6. The second-order valence-corrected chi connectivity index (χ2v) is 10.6. The van der Waals surface area contributed by atoms with Gasteiger partial charge in [-0.05, 0) is 68.0 Å². The average Bonchev–Trinajstić information content (AvgIpc) is 3.44. The molecule has 0 spiro atoms. The summed E-state index contributed by atoms with van der Waals surface area (Å²) >= 11 is 13.7. The maximum Gasteiger partial charge on any atom is 0.264 e. The largest absolute Gasteiger partial charge is 0.297 e. The van der Waals surface area contributed by atoms with Gasteiger partial charge in [-0.25, -0.2) is 4.39 Å². The lowest BCUT2D eigenvalue weighted by Crippen LogP contribution is -2.21. The van der Waals surface area contributed by atoms with Crippen LogP contribution in [0.4, 0.5) is 4.39 Å². The summed E-state index contributed by atoms with van der Waals surface area (Å²) in [5.74, 6) is -0.906. The van der Waals surface area contributed by atoms with Crippen molar-refractivity contribution in [2.75, 3.05) is 13.1 Å². The topological polar surface area (TPSA) is 50.2 Å². The maximum atomic E-state index is 14.9. The lowest BCUT2D eigenvalue weighted by Gasteiger charge is -2.17. The molecule has 1 amide bonds. The Bertz CT molecular complexity index is 1180. The van der Waals surface area contributed by atoms with Crippen molar-refractivity contribution < 1.29 is 9.18 Å². The number of carbonyl (C=O) groups excluding carboxylic acids is 1.